The first-order valence-electron chi connectivity index (χ1n) is 11.8. The molecule has 10 heteroatoms. The number of thioether (sulfide) groups is 1. The third-order valence-electron chi connectivity index (χ3n) is 6.05. The predicted octanol–water partition coefficient (Wildman–Crippen LogP) is 4.88. The molecule has 0 fully saturated rings. The topological polar surface area (TPSA) is 89.3 Å². The lowest BCUT2D eigenvalue weighted by Crippen LogP contribution is -2.16. The van der Waals surface area contributed by atoms with Crippen LogP contribution < -0.4 is 10.2 Å². The molecule has 0 aliphatic heterocycles. The minimum absolute atomic E-state index is 0.166. The number of thiophene rings is 1. The molecule has 0 radical (unpaired) electrons. The second-order valence-corrected chi connectivity index (χ2v) is 10.6. The Labute approximate surface area is 214 Å². The molecule has 3 aromatic rings. The summed E-state index contributed by atoms with van der Waals surface area (Å²) in [5.41, 5.74) is 3.62. The van der Waals surface area contributed by atoms with Crippen LogP contribution in [0.15, 0.2) is 29.4 Å². The van der Waals surface area contributed by atoms with Crippen molar-refractivity contribution in [1.82, 2.24) is 14.8 Å². The monoisotopic (exact) mass is 513 g/mol. The van der Waals surface area contributed by atoms with E-state index in [9.17, 15) is 9.59 Å². The number of ether oxygens (including phenoxy) is 1. The number of aromatic nitrogens is 3. The Morgan fingerprint density at radius 1 is 1.20 bits per heavy atom. The number of benzene rings is 1. The van der Waals surface area contributed by atoms with Crippen LogP contribution in [-0.2, 0) is 28.9 Å². The number of nitrogens with zero attached hydrogens (tertiary/aromatic N) is 4. The zero-order chi connectivity index (χ0) is 24.9. The first kappa shape index (κ1) is 25.2. The van der Waals surface area contributed by atoms with E-state index in [2.05, 4.69) is 21.6 Å². The van der Waals surface area contributed by atoms with Crippen molar-refractivity contribution >= 4 is 45.7 Å². The van der Waals surface area contributed by atoms with Crippen LogP contribution in [0.4, 0.5) is 10.7 Å². The molecule has 8 nitrogen and oxygen atoms in total. The highest BCUT2D eigenvalue weighted by Gasteiger charge is 2.26. The number of hydrogen-bond donors (Lipinski definition) is 1. The number of carbonyl (C=O) groups excluding carboxylic acids is 2. The lowest BCUT2D eigenvalue weighted by Gasteiger charge is -2.14. The van der Waals surface area contributed by atoms with Gasteiger partial charge in [-0.1, -0.05) is 30.3 Å². The molecule has 1 amide bonds. The van der Waals surface area contributed by atoms with E-state index < -0.39 is 0 Å². The number of nitrogens with one attached hydrogen (secondary N) is 1. The highest BCUT2D eigenvalue weighted by Crippen LogP contribution is 2.38. The van der Waals surface area contributed by atoms with Crippen LogP contribution >= 0.6 is 23.1 Å². The molecule has 186 valence electrons. The van der Waals surface area contributed by atoms with E-state index in [1.807, 2.05) is 48.7 Å². The molecule has 1 aliphatic carbocycles. The highest BCUT2D eigenvalue weighted by molar-refractivity contribution is 7.99. The van der Waals surface area contributed by atoms with Gasteiger partial charge in [-0.2, -0.15) is 0 Å². The van der Waals surface area contributed by atoms with Gasteiger partial charge in [0.05, 0.1) is 18.4 Å². The summed E-state index contributed by atoms with van der Waals surface area (Å²) in [5, 5.41) is 13.0. The van der Waals surface area contributed by atoms with Crippen LogP contribution in [0.3, 0.4) is 0 Å². The third kappa shape index (κ3) is 5.54. The van der Waals surface area contributed by atoms with Gasteiger partial charge in [0.15, 0.2) is 11.0 Å². The number of rotatable bonds is 8. The fraction of sp³-hybridized carbons (Fsp3) is 0.440. The Balaban J connectivity index is 1.49. The van der Waals surface area contributed by atoms with Gasteiger partial charge in [0.25, 0.3) is 0 Å². The fourth-order valence-electron chi connectivity index (χ4n) is 4.26. The molecule has 0 saturated heterocycles. The number of carbonyl (C=O) groups is 2. The van der Waals surface area contributed by atoms with Crippen molar-refractivity contribution in [2.75, 3.05) is 37.2 Å². The summed E-state index contributed by atoms with van der Waals surface area (Å²) in [6.07, 6.45) is 5.08. The molecule has 2 heterocycles. The van der Waals surface area contributed by atoms with E-state index >= 15 is 0 Å². The van der Waals surface area contributed by atoms with Gasteiger partial charge >= 0.3 is 5.97 Å². The van der Waals surface area contributed by atoms with Crippen molar-refractivity contribution in [3.63, 3.8) is 0 Å². The van der Waals surface area contributed by atoms with Gasteiger partial charge in [-0.15, -0.1) is 21.5 Å². The van der Waals surface area contributed by atoms with E-state index in [1.165, 1.54) is 35.1 Å². The van der Waals surface area contributed by atoms with Crippen molar-refractivity contribution < 1.29 is 14.3 Å². The Morgan fingerprint density at radius 3 is 2.74 bits per heavy atom. The summed E-state index contributed by atoms with van der Waals surface area (Å²) in [5.74, 6) is 0.370. The van der Waals surface area contributed by atoms with Gasteiger partial charge in [0, 0.05) is 36.8 Å². The number of hydrogen-bond acceptors (Lipinski definition) is 8. The average Bonchev–Trinajstić information content (AvgIpc) is 3.34. The van der Waals surface area contributed by atoms with Gasteiger partial charge in [-0.05, 0) is 50.3 Å². The van der Waals surface area contributed by atoms with Gasteiger partial charge in [0.2, 0.25) is 5.91 Å². The maximum Gasteiger partial charge on any atom is 0.341 e. The third-order valence-corrected chi connectivity index (χ3v) is 8.22. The molecule has 0 unspecified atom stereocenters. The van der Waals surface area contributed by atoms with Crippen molar-refractivity contribution in [3.05, 3.63) is 40.3 Å². The quantitative estimate of drug-likeness (QED) is 0.261. The van der Waals surface area contributed by atoms with E-state index in [0.717, 1.165) is 54.7 Å². The summed E-state index contributed by atoms with van der Waals surface area (Å²) in [4.78, 5) is 28.6. The SMILES string of the molecule is CCn1c(SCC(=O)Nc2sc3c(c2C(=O)OC)CCCCC3)nnc1-c1cccc(N(C)C)c1. The Morgan fingerprint density at radius 2 is 2.00 bits per heavy atom. The lowest BCUT2D eigenvalue weighted by atomic mass is 10.1. The first-order valence-corrected chi connectivity index (χ1v) is 13.6. The van der Waals surface area contributed by atoms with Gasteiger partial charge < -0.3 is 19.5 Å². The van der Waals surface area contributed by atoms with Crippen molar-refractivity contribution in [2.45, 2.75) is 50.7 Å². The Kier molecular flexibility index (Phi) is 8.12. The maximum atomic E-state index is 12.9. The molecular formula is C25H31N5O3S2. The normalized spacial score (nSPS) is 13.1. The molecule has 1 aromatic carbocycles. The second kappa shape index (κ2) is 11.3. The van der Waals surface area contributed by atoms with E-state index in [1.54, 1.807) is 0 Å². The predicted molar refractivity (Wildman–Crippen MR) is 142 cm³/mol. The summed E-state index contributed by atoms with van der Waals surface area (Å²) in [6.45, 7) is 2.72. The van der Waals surface area contributed by atoms with Crippen LogP contribution in [-0.4, -0.2) is 53.6 Å². The van der Waals surface area contributed by atoms with Gasteiger partial charge in [-0.25, -0.2) is 4.79 Å². The van der Waals surface area contributed by atoms with Crippen molar-refractivity contribution in [3.8, 4) is 11.4 Å². The molecular weight excluding hydrogens is 482 g/mol. The zero-order valence-electron chi connectivity index (χ0n) is 20.6. The molecule has 35 heavy (non-hydrogen) atoms. The molecule has 2 aromatic heterocycles. The van der Waals surface area contributed by atoms with Crippen LogP contribution in [0.5, 0.6) is 0 Å². The molecule has 0 saturated carbocycles. The Bertz CT molecular complexity index is 1220. The number of methoxy groups -OCH3 is 1. The molecule has 0 atom stereocenters. The first-order chi connectivity index (χ1) is 16.9. The summed E-state index contributed by atoms with van der Waals surface area (Å²) in [6, 6.07) is 8.13. The molecule has 0 bridgehead atoms. The van der Waals surface area contributed by atoms with E-state index in [-0.39, 0.29) is 17.6 Å². The number of anilines is 2. The van der Waals surface area contributed by atoms with Crippen LogP contribution in [0, 0.1) is 0 Å². The van der Waals surface area contributed by atoms with Crippen LogP contribution in [0.25, 0.3) is 11.4 Å². The molecule has 4 rings (SSSR count). The zero-order valence-corrected chi connectivity index (χ0v) is 22.2. The standard InChI is InChI=1S/C25H31N5O3S2/c1-5-30-22(16-10-9-11-17(14-16)29(2)3)27-28-25(30)34-15-20(31)26-23-21(24(32)33-4)18-12-7-6-8-13-19(18)35-23/h9-11,14H,5-8,12-13,15H2,1-4H3,(H,26,31). The fourth-order valence-corrected chi connectivity index (χ4v) is 6.35. The average molecular weight is 514 g/mol. The largest absolute Gasteiger partial charge is 0.465 e. The van der Waals surface area contributed by atoms with Crippen LogP contribution in [0.2, 0.25) is 0 Å². The lowest BCUT2D eigenvalue weighted by molar-refractivity contribution is -0.113. The van der Waals surface area contributed by atoms with Crippen molar-refractivity contribution in [1.29, 1.82) is 0 Å². The Hall–Kier alpha value is -2.85. The van der Waals surface area contributed by atoms with E-state index in [4.69, 9.17) is 4.74 Å². The van der Waals surface area contributed by atoms with Crippen molar-refractivity contribution in [2.24, 2.45) is 0 Å². The second-order valence-electron chi connectivity index (χ2n) is 8.59. The number of fused-ring (bicyclic) bond motifs is 1. The molecule has 1 aliphatic rings. The van der Waals surface area contributed by atoms with Gasteiger partial charge in [-0.3, -0.25) is 4.79 Å². The van der Waals surface area contributed by atoms with Gasteiger partial charge in [0.1, 0.15) is 5.00 Å². The van der Waals surface area contributed by atoms with Crippen LogP contribution in [0.1, 0.15) is 47.0 Å². The summed E-state index contributed by atoms with van der Waals surface area (Å²) in [7, 11) is 5.38. The minimum Gasteiger partial charge on any atom is -0.465 e. The smallest absolute Gasteiger partial charge is 0.341 e. The number of aryl methyl sites for hydroxylation is 1. The number of amides is 1. The summed E-state index contributed by atoms with van der Waals surface area (Å²) >= 11 is 2.84. The number of esters is 1. The summed E-state index contributed by atoms with van der Waals surface area (Å²) < 4.78 is 7.05. The van der Waals surface area contributed by atoms with E-state index in [0.29, 0.717) is 22.3 Å². The molecule has 1 N–H and O–H groups in total. The molecule has 0 spiro atoms. The minimum atomic E-state index is -0.386. The highest BCUT2D eigenvalue weighted by atomic mass is 32.2. The maximum absolute atomic E-state index is 12.9.